The number of hydrogen-bond donors (Lipinski definition) is 2. The molecule has 5 heterocycles. The number of thiazole rings is 1. The fourth-order valence-corrected chi connectivity index (χ4v) is 4.29. The molecule has 25 heavy (non-hydrogen) atoms. The van der Waals surface area contributed by atoms with E-state index in [0.29, 0.717) is 30.2 Å². The van der Waals surface area contributed by atoms with Gasteiger partial charge in [-0.15, -0.1) is 11.3 Å². The fourth-order valence-electron chi connectivity index (χ4n) is 3.74. The molecular formula is C16H14N4O4S. The van der Waals surface area contributed by atoms with Gasteiger partial charge in [0.2, 0.25) is 0 Å². The first-order valence-electron chi connectivity index (χ1n) is 7.89. The van der Waals surface area contributed by atoms with Crippen LogP contribution in [0.3, 0.4) is 0 Å². The number of aromatic nitrogens is 2. The van der Waals surface area contributed by atoms with E-state index in [1.807, 2.05) is 10.3 Å². The quantitative estimate of drug-likeness (QED) is 0.726. The number of oxazole rings is 1. The van der Waals surface area contributed by atoms with Crippen molar-refractivity contribution >= 4 is 34.5 Å². The zero-order valence-corrected chi connectivity index (χ0v) is 13.8. The van der Waals surface area contributed by atoms with Crippen molar-refractivity contribution in [1.29, 1.82) is 0 Å². The Balaban J connectivity index is 1.53. The van der Waals surface area contributed by atoms with Gasteiger partial charge in [0, 0.05) is 24.0 Å². The summed E-state index contributed by atoms with van der Waals surface area (Å²) in [7, 11) is 0. The Hall–Kier alpha value is -2.81. The molecule has 2 unspecified atom stereocenters. The summed E-state index contributed by atoms with van der Waals surface area (Å²) in [5.74, 6) is 0.0540. The van der Waals surface area contributed by atoms with E-state index < -0.39 is 6.09 Å². The first-order chi connectivity index (χ1) is 12.1. The van der Waals surface area contributed by atoms with Crippen LogP contribution < -0.4 is 4.90 Å². The van der Waals surface area contributed by atoms with Crippen LogP contribution in [0.25, 0.3) is 22.4 Å². The lowest BCUT2D eigenvalue weighted by Crippen LogP contribution is -2.70. The molecule has 2 bridgehead atoms. The summed E-state index contributed by atoms with van der Waals surface area (Å²) in [6.07, 6.45) is 0.000150. The number of benzene rings is 1. The summed E-state index contributed by atoms with van der Waals surface area (Å²) < 4.78 is 5.96. The number of rotatable bonds is 2. The van der Waals surface area contributed by atoms with Gasteiger partial charge in [-0.1, -0.05) is 0 Å². The van der Waals surface area contributed by atoms with Crippen molar-refractivity contribution in [2.45, 2.75) is 18.5 Å². The average molecular weight is 358 g/mol. The summed E-state index contributed by atoms with van der Waals surface area (Å²) in [5, 5.41) is 21.3. The second-order valence-electron chi connectivity index (χ2n) is 6.32. The van der Waals surface area contributed by atoms with Crippen molar-refractivity contribution in [2.24, 2.45) is 0 Å². The average Bonchev–Trinajstić information content (AvgIpc) is 3.25. The highest BCUT2D eigenvalue weighted by atomic mass is 32.1. The highest BCUT2D eigenvalue weighted by Gasteiger charge is 2.48. The molecule has 128 valence electrons. The summed E-state index contributed by atoms with van der Waals surface area (Å²) in [4.78, 5) is 23.4. The highest BCUT2D eigenvalue weighted by molar-refractivity contribution is 7.07. The van der Waals surface area contributed by atoms with E-state index in [9.17, 15) is 15.0 Å². The number of piperazine rings is 1. The predicted octanol–water partition coefficient (Wildman–Crippen LogP) is 2.60. The number of anilines is 1. The Bertz CT molecular complexity index is 958. The molecule has 9 heteroatoms. The van der Waals surface area contributed by atoms with Gasteiger partial charge in [0.05, 0.1) is 23.3 Å². The molecule has 0 saturated carbocycles. The number of carboxylic acid groups (broad SMARTS) is 1. The molecule has 0 spiro atoms. The van der Waals surface area contributed by atoms with Crippen LogP contribution >= 0.6 is 11.3 Å². The number of hydrogen-bond acceptors (Lipinski definition) is 7. The molecule has 0 radical (unpaired) electrons. The van der Waals surface area contributed by atoms with Crippen LogP contribution in [0.5, 0.6) is 5.75 Å². The number of aromatic hydroxyl groups is 1. The second-order valence-corrected chi connectivity index (χ2v) is 7.04. The van der Waals surface area contributed by atoms with Crippen LogP contribution in [0.1, 0.15) is 6.42 Å². The number of carbonyl (C=O) groups is 1. The number of amides is 1. The van der Waals surface area contributed by atoms with E-state index in [4.69, 9.17) is 4.42 Å². The Morgan fingerprint density at radius 2 is 2.12 bits per heavy atom. The van der Waals surface area contributed by atoms with Gasteiger partial charge >= 0.3 is 6.09 Å². The van der Waals surface area contributed by atoms with Gasteiger partial charge < -0.3 is 19.5 Å². The van der Waals surface area contributed by atoms with Crippen LogP contribution in [0.4, 0.5) is 10.8 Å². The maximum atomic E-state index is 11.2. The van der Waals surface area contributed by atoms with E-state index in [-0.39, 0.29) is 17.8 Å². The van der Waals surface area contributed by atoms with Crippen molar-refractivity contribution in [3.63, 3.8) is 0 Å². The lowest BCUT2D eigenvalue weighted by molar-refractivity contribution is 0.0101. The van der Waals surface area contributed by atoms with Crippen LogP contribution in [0.15, 0.2) is 27.4 Å². The van der Waals surface area contributed by atoms with Crippen LogP contribution in [-0.2, 0) is 0 Å². The van der Waals surface area contributed by atoms with Crippen molar-refractivity contribution in [3.8, 4) is 17.0 Å². The number of phenols is 1. The molecule has 3 aliphatic rings. The molecule has 3 fully saturated rings. The lowest BCUT2D eigenvalue weighted by Gasteiger charge is -2.54. The van der Waals surface area contributed by atoms with Crippen LogP contribution in [-0.4, -0.2) is 56.3 Å². The fraction of sp³-hybridized carbons (Fsp3) is 0.312. The maximum absolute atomic E-state index is 11.2. The van der Waals surface area contributed by atoms with Gasteiger partial charge in [-0.25, -0.2) is 9.78 Å². The summed E-state index contributed by atoms with van der Waals surface area (Å²) in [6.45, 7) is 1.09. The van der Waals surface area contributed by atoms with E-state index in [2.05, 4.69) is 9.97 Å². The third kappa shape index (κ3) is 2.08. The molecule has 8 nitrogen and oxygen atoms in total. The van der Waals surface area contributed by atoms with E-state index in [1.54, 1.807) is 17.6 Å². The minimum absolute atomic E-state index is 0.0297. The molecule has 1 amide bonds. The SMILES string of the molecule is O=C(O)N1C2CC1CN(c1nc3c(O)ccc(-c4cscn4)c3o1)C2. The second kappa shape index (κ2) is 5.09. The Kier molecular flexibility index (Phi) is 2.96. The monoisotopic (exact) mass is 358 g/mol. The predicted molar refractivity (Wildman–Crippen MR) is 91.1 cm³/mol. The van der Waals surface area contributed by atoms with Gasteiger partial charge in [-0.05, 0) is 18.6 Å². The molecule has 3 saturated heterocycles. The van der Waals surface area contributed by atoms with Gasteiger partial charge in [-0.3, -0.25) is 4.90 Å². The van der Waals surface area contributed by atoms with Crippen LogP contribution in [0, 0.1) is 0 Å². The molecule has 2 N–H and O–H groups in total. The first kappa shape index (κ1) is 14.5. The van der Waals surface area contributed by atoms with Gasteiger partial charge in [0.15, 0.2) is 11.1 Å². The largest absolute Gasteiger partial charge is 0.506 e. The Morgan fingerprint density at radius 1 is 1.32 bits per heavy atom. The van der Waals surface area contributed by atoms with Gasteiger partial charge in [0.25, 0.3) is 6.01 Å². The normalized spacial score (nSPS) is 22.2. The molecule has 0 aliphatic carbocycles. The summed E-state index contributed by atoms with van der Waals surface area (Å²) in [5.41, 5.74) is 4.19. The highest BCUT2D eigenvalue weighted by Crippen LogP contribution is 2.39. The van der Waals surface area contributed by atoms with Gasteiger partial charge in [0.1, 0.15) is 5.75 Å². The molecule has 3 aliphatic heterocycles. The number of nitrogens with zero attached hydrogens (tertiary/aromatic N) is 4. The number of piperidine rings is 1. The molecule has 1 aromatic carbocycles. The smallest absolute Gasteiger partial charge is 0.407 e. The van der Waals surface area contributed by atoms with Crippen molar-refractivity contribution in [3.05, 3.63) is 23.0 Å². The standard InChI is InChI=1S/C16H14N4O4S/c21-12-2-1-10(11-6-25-7-17-11)14-13(12)18-15(24-14)19-4-8-3-9(5-19)20(8)16(22)23/h1-2,6-9,21H,3-5H2,(H,22,23). The Morgan fingerprint density at radius 3 is 2.80 bits per heavy atom. The lowest BCUT2D eigenvalue weighted by atomic mass is 9.88. The van der Waals surface area contributed by atoms with E-state index in [1.165, 1.54) is 16.2 Å². The van der Waals surface area contributed by atoms with Crippen LogP contribution in [0.2, 0.25) is 0 Å². The maximum Gasteiger partial charge on any atom is 0.407 e. The number of phenolic OH excluding ortho intramolecular Hbond substituents is 1. The minimum atomic E-state index is -0.873. The number of fused-ring (bicyclic) bond motifs is 3. The third-order valence-corrected chi connectivity index (χ3v) is 5.49. The van der Waals surface area contributed by atoms with Crippen molar-refractivity contribution in [2.75, 3.05) is 18.0 Å². The summed E-state index contributed by atoms with van der Waals surface area (Å²) in [6, 6.07) is 3.70. The van der Waals surface area contributed by atoms with Crippen molar-refractivity contribution < 1.29 is 19.4 Å². The summed E-state index contributed by atoms with van der Waals surface area (Å²) >= 11 is 1.48. The molecule has 2 atom stereocenters. The van der Waals surface area contributed by atoms with Crippen molar-refractivity contribution in [1.82, 2.24) is 14.9 Å². The van der Waals surface area contributed by atoms with Gasteiger partial charge in [-0.2, -0.15) is 4.98 Å². The zero-order valence-electron chi connectivity index (χ0n) is 13.0. The minimum Gasteiger partial charge on any atom is -0.506 e. The molecular weight excluding hydrogens is 344 g/mol. The third-order valence-electron chi connectivity index (χ3n) is 4.90. The zero-order chi connectivity index (χ0) is 17.1. The van der Waals surface area contributed by atoms with E-state index >= 15 is 0 Å². The molecule has 6 rings (SSSR count). The van der Waals surface area contributed by atoms with E-state index in [0.717, 1.165) is 17.7 Å². The first-order valence-corrected chi connectivity index (χ1v) is 8.83. The topological polar surface area (TPSA) is 103 Å². The molecule has 3 aromatic rings. The Labute approximate surface area is 145 Å². The molecule has 2 aromatic heterocycles.